The molecular weight excluding hydrogens is 286 g/mol. The van der Waals surface area contributed by atoms with Crippen LogP contribution in [-0.2, 0) is 11.3 Å². The van der Waals surface area contributed by atoms with Crippen molar-refractivity contribution in [1.29, 1.82) is 0 Å². The highest BCUT2D eigenvalue weighted by atomic mass is 32.1. The average Bonchev–Trinajstić information content (AvgIpc) is 3.21. The van der Waals surface area contributed by atoms with Crippen molar-refractivity contribution in [1.82, 2.24) is 15.1 Å². The number of rotatable bonds is 3. The molecule has 2 fully saturated rings. The number of aromatic nitrogens is 2. The average molecular weight is 305 g/mol. The van der Waals surface area contributed by atoms with Crippen molar-refractivity contribution in [2.75, 3.05) is 6.54 Å². The van der Waals surface area contributed by atoms with E-state index in [9.17, 15) is 0 Å². The molecule has 0 spiro atoms. The zero-order valence-corrected chi connectivity index (χ0v) is 12.9. The lowest BCUT2D eigenvalue weighted by Gasteiger charge is -2.34. The summed E-state index contributed by atoms with van der Waals surface area (Å²) in [5, 5.41) is 10.2. The monoisotopic (exact) mass is 305 g/mol. The molecule has 0 bridgehead atoms. The molecule has 4 heterocycles. The Kier molecular flexibility index (Phi) is 3.52. The van der Waals surface area contributed by atoms with Crippen molar-refractivity contribution >= 4 is 11.3 Å². The van der Waals surface area contributed by atoms with Crippen molar-refractivity contribution in [3.05, 3.63) is 34.2 Å². The Bertz CT molecular complexity index is 598. The Hall–Kier alpha value is -1.24. The Morgan fingerprint density at radius 2 is 2.29 bits per heavy atom. The van der Waals surface area contributed by atoms with E-state index >= 15 is 0 Å². The summed E-state index contributed by atoms with van der Waals surface area (Å²) in [6.07, 6.45) is 3.48. The molecular formula is C15H19N3O2S. The van der Waals surface area contributed by atoms with E-state index in [4.69, 9.17) is 9.15 Å². The number of hydrogen-bond donors (Lipinski definition) is 0. The van der Waals surface area contributed by atoms with Crippen LogP contribution in [0.4, 0.5) is 0 Å². The molecule has 0 N–H and O–H groups in total. The molecule has 0 saturated carbocycles. The first-order valence-corrected chi connectivity index (χ1v) is 8.39. The van der Waals surface area contributed by atoms with Gasteiger partial charge in [0.25, 0.3) is 0 Å². The minimum absolute atomic E-state index is 0.0193. The number of thiophene rings is 1. The fraction of sp³-hybridized carbons (Fsp3) is 0.600. The predicted octanol–water partition coefficient (Wildman–Crippen LogP) is 2.93. The van der Waals surface area contributed by atoms with Gasteiger partial charge in [0, 0.05) is 30.9 Å². The first-order chi connectivity index (χ1) is 10.3. The molecule has 4 rings (SSSR count). The van der Waals surface area contributed by atoms with Gasteiger partial charge in [-0.1, -0.05) is 6.07 Å². The van der Waals surface area contributed by atoms with Crippen LogP contribution in [0.3, 0.4) is 0 Å². The third kappa shape index (κ3) is 2.63. The smallest absolute Gasteiger partial charge is 0.245 e. The third-order valence-corrected chi connectivity index (χ3v) is 5.28. The van der Waals surface area contributed by atoms with Gasteiger partial charge in [-0.05, 0) is 30.7 Å². The van der Waals surface area contributed by atoms with Crippen LogP contribution in [0, 0.1) is 6.92 Å². The Morgan fingerprint density at radius 1 is 1.33 bits per heavy atom. The third-order valence-electron chi connectivity index (χ3n) is 4.42. The maximum Gasteiger partial charge on any atom is 0.245 e. The molecule has 2 aliphatic heterocycles. The van der Waals surface area contributed by atoms with Gasteiger partial charge in [-0.2, -0.15) is 0 Å². The normalized spacial score (nSPS) is 29.7. The SMILES string of the molecule is Cc1nnc([C@H]2CC[C@@H]3[C@@H](CCN3Cc3cccs3)O2)o1. The fourth-order valence-electron chi connectivity index (χ4n) is 3.44. The van der Waals surface area contributed by atoms with Gasteiger partial charge < -0.3 is 9.15 Å². The summed E-state index contributed by atoms with van der Waals surface area (Å²) >= 11 is 1.83. The largest absolute Gasteiger partial charge is 0.423 e. The minimum atomic E-state index is -0.0193. The van der Waals surface area contributed by atoms with Gasteiger partial charge in [-0.3, -0.25) is 4.90 Å². The Morgan fingerprint density at radius 3 is 3.05 bits per heavy atom. The van der Waals surface area contributed by atoms with Gasteiger partial charge in [0.1, 0.15) is 6.10 Å². The first kappa shape index (κ1) is 13.4. The van der Waals surface area contributed by atoms with Gasteiger partial charge in [0.2, 0.25) is 11.8 Å². The summed E-state index contributed by atoms with van der Waals surface area (Å²) in [4.78, 5) is 4.00. The van der Waals surface area contributed by atoms with Crippen LogP contribution in [0.2, 0.25) is 0 Å². The summed E-state index contributed by atoms with van der Waals surface area (Å²) in [6.45, 7) is 3.98. The van der Waals surface area contributed by atoms with E-state index in [1.54, 1.807) is 0 Å². The number of nitrogens with zero attached hydrogens (tertiary/aromatic N) is 3. The van der Waals surface area contributed by atoms with Gasteiger partial charge >= 0.3 is 0 Å². The van der Waals surface area contributed by atoms with E-state index in [1.165, 1.54) is 4.88 Å². The molecule has 0 unspecified atom stereocenters. The molecule has 2 aromatic heterocycles. The number of aryl methyl sites for hydroxylation is 1. The number of ether oxygens (including phenoxy) is 1. The second-order valence-corrected chi connectivity index (χ2v) is 6.84. The standard InChI is InChI=1S/C15H19N3O2S/c1-10-16-17-15(19-10)14-5-4-12-13(20-14)6-7-18(12)9-11-3-2-8-21-11/h2-3,8,12-14H,4-7,9H2,1H3/t12-,13-,14-/m1/s1. The molecule has 112 valence electrons. The predicted molar refractivity (Wildman–Crippen MR) is 79.0 cm³/mol. The second-order valence-electron chi connectivity index (χ2n) is 5.81. The topological polar surface area (TPSA) is 51.4 Å². The Balaban J connectivity index is 1.42. The van der Waals surface area contributed by atoms with E-state index in [1.807, 2.05) is 18.3 Å². The quantitative estimate of drug-likeness (QED) is 0.872. The van der Waals surface area contributed by atoms with E-state index < -0.39 is 0 Å². The lowest BCUT2D eigenvalue weighted by Crippen LogP contribution is -2.40. The van der Waals surface area contributed by atoms with E-state index in [0.29, 0.717) is 23.9 Å². The van der Waals surface area contributed by atoms with Gasteiger partial charge in [0.15, 0.2) is 0 Å². The van der Waals surface area contributed by atoms with E-state index in [-0.39, 0.29) is 6.10 Å². The molecule has 3 atom stereocenters. The summed E-state index contributed by atoms with van der Waals surface area (Å²) in [5.74, 6) is 1.25. The molecule has 2 aromatic rings. The lowest BCUT2D eigenvalue weighted by molar-refractivity contribution is -0.0817. The highest BCUT2D eigenvalue weighted by Crippen LogP contribution is 2.38. The number of likely N-dealkylation sites (tertiary alicyclic amines) is 1. The fourth-order valence-corrected chi connectivity index (χ4v) is 4.17. The van der Waals surface area contributed by atoms with Crippen molar-refractivity contribution in [2.24, 2.45) is 0 Å². The highest BCUT2D eigenvalue weighted by molar-refractivity contribution is 7.09. The van der Waals surface area contributed by atoms with Gasteiger partial charge in [-0.15, -0.1) is 21.5 Å². The van der Waals surface area contributed by atoms with Crippen LogP contribution in [0.25, 0.3) is 0 Å². The van der Waals surface area contributed by atoms with Crippen LogP contribution in [0.15, 0.2) is 21.9 Å². The lowest BCUT2D eigenvalue weighted by atomic mass is 9.99. The van der Waals surface area contributed by atoms with Crippen LogP contribution in [-0.4, -0.2) is 33.8 Å². The molecule has 21 heavy (non-hydrogen) atoms. The summed E-state index contributed by atoms with van der Waals surface area (Å²) < 4.78 is 11.7. The second kappa shape index (κ2) is 5.51. The van der Waals surface area contributed by atoms with Gasteiger partial charge in [0.05, 0.1) is 6.10 Å². The number of fused-ring (bicyclic) bond motifs is 1. The Labute approximate surface area is 127 Å². The molecule has 0 amide bonds. The zero-order valence-electron chi connectivity index (χ0n) is 12.1. The maximum atomic E-state index is 6.22. The van der Waals surface area contributed by atoms with Crippen molar-refractivity contribution < 1.29 is 9.15 Å². The molecule has 5 nitrogen and oxygen atoms in total. The van der Waals surface area contributed by atoms with Crippen molar-refractivity contribution in [3.8, 4) is 0 Å². The van der Waals surface area contributed by atoms with Crippen LogP contribution in [0.5, 0.6) is 0 Å². The molecule has 0 radical (unpaired) electrons. The van der Waals surface area contributed by atoms with Gasteiger partial charge in [-0.25, -0.2) is 0 Å². The summed E-state index contributed by atoms with van der Waals surface area (Å²) in [7, 11) is 0. The minimum Gasteiger partial charge on any atom is -0.423 e. The number of hydrogen-bond acceptors (Lipinski definition) is 6. The molecule has 0 aliphatic carbocycles. The highest BCUT2D eigenvalue weighted by Gasteiger charge is 2.41. The van der Waals surface area contributed by atoms with E-state index in [0.717, 1.165) is 32.4 Å². The van der Waals surface area contributed by atoms with E-state index in [2.05, 4.69) is 32.6 Å². The molecule has 2 aliphatic rings. The molecule has 0 aromatic carbocycles. The van der Waals surface area contributed by atoms with Crippen LogP contribution >= 0.6 is 11.3 Å². The summed E-state index contributed by atoms with van der Waals surface area (Å²) in [6, 6.07) is 4.87. The molecule has 2 saturated heterocycles. The maximum absolute atomic E-state index is 6.22. The van der Waals surface area contributed by atoms with Crippen molar-refractivity contribution in [2.45, 2.75) is 51.0 Å². The first-order valence-electron chi connectivity index (χ1n) is 7.51. The zero-order chi connectivity index (χ0) is 14.2. The van der Waals surface area contributed by atoms with Crippen LogP contribution in [0.1, 0.15) is 42.0 Å². The van der Waals surface area contributed by atoms with Crippen LogP contribution < -0.4 is 0 Å². The summed E-state index contributed by atoms with van der Waals surface area (Å²) in [5.41, 5.74) is 0. The molecule has 6 heteroatoms. The van der Waals surface area contributed by atoms with Crippen molar-refractivity contribution in [3.63, 3.8) is 0 Å².